The van der Waals surface area contributed by atoms with E-state index < -0.39 is 0 Å². The number of hydrogen-bond acceptors (Lipinski definition) is 4. The van der Waals surface area contributed by atoms with E-state index in [1.165, 1.54) is 0 Å². The van der Waals surface area contributed by atoms with Crippen LogP contribution >= 0.6 is 0 Å². The molecule has 0 aliphatic carbocycles. The number of hydrogen-bond donors (Lipinski definition) is 1. The average molecular weight is 273 g/mol. The minimum atomic E-state index is -0.165. The SMILES string of the molecule is CC(C)(C)CC(C)(C)n1nnnc1-c1cccc(N)c1. The molecular formula is C15H23N5. The van der Waals surface area contributed by atoms with Crippen molar-refractivity contribution >= 4 is 5.69 Å². The summed E-state index contributed by atoms with van der Waals surface area (Å²) in [4.78, 5) is 0. The topological polar surface area (TPSA) is 69.6 Å². The molecule has 2 N–H and O–H groups in total. The number of nitrogen functional groups attached to an aromatic ring is 1. The fraction of sp³-hybridized carbons (Fsp3) is 0.533. The third-order valence-corrected chi connectivity index (χ3v) is 3.15. The van der Waals surface area contributed by atoms with E-state index in [1.807, 2.05) is 28.9 Å². The molecule has 2 rings (SSSR count). The highest BCUT2D eigenvalue weighted by atomic mass is 15.6. The summed E-state index contributed by atoms with van der Waals surface area (Å²) < 4.78 is 1.90. The van der Waals surface area contributed by atoms with Gasteiger partial charge in [0.05, 0.1) is 5.54 Å². The van der Waals surface area contributed by atoms with Gasteiger partial charge in [-0.3, -0.25) is 0 Å². The van der Waals surface area contributed by atoms with Crippen LogP contribution in [0.25, 0.3) is 11.4 Å². The Bertz CT molecular complexity index is 592. The second-order valence-electron chi connectivity index (χ2n) is 7.09. The van der Waals surface area contributed by atoms with E-state index in [2.05, 4.69) is 50.1 Å². The van der Waals surface area contributed by atoms with Crippen molar-refractivity contribution in [3.05, 3.63) is 24.3 Å². The summed E-state index contributed by atoms with van der Waals surface area (Å²) in [5.41, 5.74) is 7.53. The molecule has 0 aliphatic heterocycles. The van der Waals surface area contributed by atoms with Gasteiger partial charge in [-0.25, -0.2) is 4.68 Å². The first-order valence-corrected chi connectivity index (χ1v) is 6.84. The summed E-state index contributed by atoms with van der Waals surface area (Å²) in [6.07, 6.45) is 0.973. The lowest BCUT2D eigenvalue weighted by atomic mass is 9.82. The number of nitrogens with zero attached hydrogens (tertiary/aromatic N) is 4. The Labute approximate surface area is 120 Å². The van der Waals surface area contributed by atoms with Gasteiger partial charge in [-0.1, -0.05) is 32.9 Å². The van der Waals surface area contributed by atoms with Gasteiger partial charge in [-0.05, 0) is 48.2 Å². The number of rotatable bonds is 3. The highest BCUT2D eigenvalue weighted by Crippen LogP contribution is 2.34. The van der Waals surface area contributed by atoms with Gasteiger partial charge in [0, 0.05) is 11.3 Å². The Morgan fingerprint density at radius 3 is 2.45 bits per heavy atom. The summed E-state index contributed by atoms with van der Waals surface area (Å²) in [6.45, 7) is 11.0. The van der Waals surface area contributed by atoms with Crippen molar-refractivity contribution in [1.82, 2.24) is 20.2 Å². The largest absolute Gasteiger partial charge is 0.399 e. The van der Waals surface area contributed by atoms with Gasteiger partial charge in [-0.15, -0.1) is 5.10 Å². The quantitative estimate of drug-likeness (QED) is 0.872. The molecule has 108 valence electrons. The lowest BCUT2D eigenvalue weighted by Gasteiger charge is -2.32. The van der Waals surface area contributed by atoms with Gasteiger partial charge >= 0.3 is 0 Å². The Kier molecular flexibility index (Phi) is 3.54. The molecular weight excluding hydrogens is 250 g/mol. The van der Waals surface area contributed by atoms with Crippen molar-refractivity contribution in [2.24, 2.45) is 5.41 Å². The molecule has 1 aromatic carbocycles. The lowest BCUT2D eigenvalue weighted by Crippen LogP contribution is -2.33. The van der Waals surface area contributed by atoms with E-state index in [0.29, 0.717) is 5.69 Å². The van der Waals surface area contributed by atoms with Gasteiger partial charge in [0.2, 0.25) is 0 Å². The van der Waals surface area contributed by atoms with E-state index in [0.717, 1.165) is 17.8 Å². The van der Waals surface area contributed by atoms with Crippen LogP contribution in [-0.2, 0) is 5.54 Å². The van der Waals surface area contributed by atoms with Crippen LogP contribution in [0.4, 0.5) is 5.69 Å². The van der Waals surface area contributed by atoms with E-state index in [1.54, 1.807) is 0 Å². The van der Waals surface area contributed by atoms with Crippen LogP contribution in [-0.4, -0.2) is 20.2 Å². The first-order valence-electron chi connectivity index (χ1n) is 6.84. The van der Waals surface area contributed by atoms with E-state index >= 15 is 0 Å². The Morgan fingerprint density at radius 2 is 1.85 bits per heavy atom. The first-order chi connectivity index (χ1) is 9.19. The molecule has 0 atom stereocenters. The van der Waals surface area contributed by atoms with E-state index in [9.17, 15) is 0 Å². The third-order valence-electron chi connectivity index (χ3n) is 3.15. The monoisotopic (exact) mass is 273 g/mol. The first kappa shape index (κ1) is 14.5. The Hall–Kier alpha value is -1.91. The number of nitrogens with two attached hydrogens (primary N) is 1. The van der Waals surface area contributed by atoms with Gasteiger partial charge in [0.1, 0.15) is 0 Å². The second-order valence-corrected chi connectivity index (χ2v) is 7.09. The molecule has 0 saturated carbocycles. The summed E-state index contributed by atoms with van der Waals surface area (Å²) in [5, 5.41) is 12.2. The molecule has 0 unspecified atom stereocenters. The second kappa shape index (κ2) is 4.89. The van der Waals surface area contributed by atoms with Gasteiger partial charge in [0.15, 0.2) is 5.82 Å². The molecule has 20 heavy (non-hydrogen) atoms. The van der Waals surface area contributed by atoms with Crippen LogP contribution in [0.15, 0.2) is 24.3 Å². The van der Waals surface area contributed by atoms with Crippen LogP contribution in [0.2, 0.25) is 0 Å². The Morgan fingerprint density at radius 1 is 1.15 bits per heavy atom. The number of tetrazole rings is 1. The predicted molar refractivity (Wildman–Crippen MR) is 81.1 cm³/mol. The maximum atomic E-state index is 5.85. The molecule has 0 saturated heterocycles. The molecule has 1 heterocycles. The molecule has 0 spiro atoms. The predicted octanol–water partition coefficient (Wildman–Crippen LogP) is 3.09. The standard InChI is InChI=1S/C15H23N5/c1-14(2,3)10-15(4,5)20-13(17-18-19-20)11-7-6-8-12(16)9-11/h6-9H,10,16H2,1-5H3. The van der Waals surface area contributed by atoms with E-state index in [4.69, 9.17) is 5.73 Å². The minimum absolute atomic E-state index is 0.165. The van der Waals surface area contributed by atoms with Crippen LogP contribution < -0.4 is 5.73 Å². The summed E-state index contributed by atoms with van der Waals surface area (Å²) in [5.74, 6) is 0.756. The van der Waals surface area contributed by atoms with Crippen molar-refractivity contribution in [2.45, 2.75) is 46.6 Å². The highest BCUT2D eigenvalue weighted by Gasteiger charge is 2.30. The molecule has 0 radical (unpaired) electrons. The fourth-order valence-electron chi connectivity index (χ4n) is 2.83. The maximum Gasteiger partial charge on any atom is 0.182 e. The molecule has 0 fully saturated rings. The van der Waals surface area contributed by atoms with Crippen LogP contribution in [0.1, 0.15) is 41.0 Å². The lowest BCUT2D eigenvalue weighted by molar-refractivity contribution is 0.197. The summed E-state index contributed by atoms with van der Waals surface area (Å²) in [6, 6.07) is 7.65. The molecule has 2 aromatic rings. The van der Waals surface area contributed by atoms with Gasteiger partial charge < -0.3 is 5.73 Å². The molecule has 0 aliphatic rings. The van der Waals surface area contributed by atoms with Crippen molar-refractivity contribution < 1.29 is 0 Å². The zero-order valence-electron chi connectivity index (χ0n) is 12.9. The third kappa shape index (κ3) is 3.15. The zero-order valence-corrected chi connectivity index (χ0v) is 12.9. The fourth-order valence-corrected chi connectivity index (χ4v) is 2.83. The number of benzene rings is 1. The number of aromatic nitrogens is 4. The normalized spacial score (nSPS) is 12.7. The maximum absolute atomic E-state index is 5.85. The highest BCUT2D eigenvalue weighted by molar-refractivity contribution is 5.60. The average Bonchev–Trinajstić information content (AvgIpc) is 2.75. The number of anilines is 1. The van der Waals surface area contributed by atoms with Crippen LogP contribution in [0.5, 0.6) is 0 Å². The Balaban J connectivity index is 2.43. The van der Waals surface area contributed by atoms with Crippen molar-refractivity contribution in [1.29, 1.82) is 0 Å². The van der Waals surface area contributed by atoms with Crippen molar-refractivity contribution in [2.75, 3.05) is 5.73 Å². The smallest absolute Gasteiger partial charge is 0.182 e. The molecule has 5 nitrogen and oxygen atoms in total. The molecule has 5 heteroatoms. The molecule has 0 bridgehead atoms. The molecule has 1 aromatic heterocycles. The van der Waals surface area contributed by atoms with Crippen LogP contribution in [0, 0.1) is 5.41 Å². The summed E-state index contributed by atoms with van der Waals surface area (Å²) >= 11 is 0. The van der Waals surface area contributed by atoms with Crippen molar-refractivity contribution in [3.8, 4) is 11.4 Å². The van der Waals surface area contributed by atoms with Gasteiger partial charge in [-0.2, -0.15) is 0 Å². The van der Waals surface area contributed by atoms with E-state index in [-0.39, 0.29) is 11.0 Å². The summed E-state index contributed by atoms with van der Waals surface area (Å²) in [7, 11) is 0. The van der Waals surface area contributed by atoms with Crippen molar-refractivity contribution in [3.63, 3.8) is 0 Å². The van der Waals surface area contributed by atoms with Crippen LogP contribution in [0.3, 0.4) is 0 Å². The minimum Gasteiger partial charge on any atom is -0.399 e. The zero-order chi connectivity index (χ0) is 15.0. The molecule has 0 amide bonds. The van der Waals surface area contributed by atoms with Gasteiger partial charge in [0.25, 0.3) is 0 Å².